The first-order valence-electron chi connectivity index (χ1n) is 13.0. The Bertz CT molecular complexity index is 477. The summed E-state index contributed by atoms with van der Waals surface area (Å²) in [6, 6.07) is 0. The van der Waals surface area contributed by atoms with Gasteiger partial charge in [-0.25, -0.2) is 0 Å². The Balaban J connectivity index is 1.44. The van der Waals surface area contributed by atoms with Crippen molar-refractivity contribution in [2.24, 2.45) is 11.8 Å². The second-order valence-corrected chi connectivity index (χ2v) is 10.1. The first kappa shape index (κ1) is 25.5. The Morgan fingerprint density at radius 1 is 0.700 bits per heavy atom. The third kappa shape index (κ3) is 11.0. The zero-order valence-corrected chi connectivity index (χ0v) is 20.0. The summed E-state index contributed by atoms with van der Waals surface area (Å²) in [4.78, 5) is 28.2. The molecular formula is C26H48N2O2. The zero-order valence-electron chi connectivity index (χ0n) is 20.0. The number of hydrogen-bond acceptors (Lipinski definition) is 4. The van der Waals surface area contributed by atoms with Crippen LogP contribution in [0.4, 0.5) is 0 Å². The maximum absolute atomic E-state index is 12.1. The van der Waals surface area contributed by atoms with E-state index < -0.39 is 0 Å². The number of ketones is 2. The number of rotatable bonds is 15. The Morgan fingerprint density at radius 3 is 1.77 bits per heavy atom. The molecule has 30 heavy (non-hydrogen) atoms. The monoisotopic (exact) mass is 420 g/mol. The van der Waals surface area contributed by atoms with Crippen molar-refractivity contribution in [3.8, 4) is 0 Å². The van der Waals surface area contributed by atoms with E-state index in [2.05, 4.69) is 16.7 Å². The second kappa shape index (κ2) is 15.1. The molecule has 0 spiro atoms. The minimum absolute atomic E-state index is 0.262. The summed E-state index contributed by atoms with van der Waals surface area (Å²) >= 11 is 0. The van der Waals surface area contributed by atoms with Crippen LogP contribution in [0, 0.1) is 11.8 Å². The number of likely N-dealkylation sites (tertiary alicyclic amines) is 2. The van der Waals surface area contributed by atoms with Gasteiger partial charge in [-0.15, -0.1) is 0 Å². The molecule has 0 amide bonds. The molecule has 0 saturated carbocycles. The number of piperidine rings is 2. The van der Waals surface area contributed by atoms with Crippen LogP contribution in [0.5, 0.6) is 0 Å². The summed E-state index contributed by atoms with van der Waals surface area (Å²) in [5.41, 5.74) is 0. The maximum Gasteiger partial charge on any atom is 0.134 e. The topological polar surface area (TPSA) is 40.6 Å². The highest BCUT2D eigenvalue weighted by atomic mass is 16.1. The highest BCUT2D eigenvalue weighted by Gasteiger charge is 2.21. The van der Waals surface area contributed by atoms with E-state index >= 15 is 0 Å². The molecule has 4 heteroatoms. The van der Waals surface area contributed by atoms with Crippen molar-refractivity contribution in [2.45, 2.75) is 104 Å². The summed E-state index contributed by atoms with van der Waals surface area (Å²) < 4.78 is 0. The van der Waals surface area contributed by atoms with Gasteiger partial charge in [0.05, 0.1) is 0 Å². The molecule has 0 radical (unpaired) electrons. The van der Waals surface area contributed by atoms with Crippen molar-refractivity contribution in [3.05, 3.63) is 0 Å². The van der Waals surface area contributed by atoms with Crippen molar-refractivity contribution in [3.63, 3.8) is 0 Å². The predicted octanol–water partition coefficient (Wildman–Crippen LogP) is 5.49. The molecule has 2 rings (SSSR count). The highest BCUT2D eigenvalue weighted by molar-refractivity contribution is 5.78. The minimum Gasteiger partial charge on any atom is -0.303 e. The fourth-order valence-corrected chi connectivity index (χ4v) is 5.29. The van der Waals surface area contributed by atoms with Gasteiger partial charge in [0.2, 0.25) is 0 Å². The average Bonchev–Trinajstić information content (AvgIpc) is 2.74. The molecule has 4 nitrogen and oxygen atoms in total. The van der Waals surface area contributed by atoms with E-state index in [0.717, 1.165) is 37.6 Å². The molecule has 2 aliphatic heterocycles. The Hall–Kier alpha value is -0.740. The first-order valence-corrected chi connectivity index (χ1v) is 13.0. The number of nitrogens with zero attached hydrogens (tertiary/aromatic N) is 2. The van der Waals surface area contributed by atoms with Crippen molar-refractivity contribution >= 4 is 11.6 Å². The van der Waals surface area contributed by atoms with Gasteiger partial charge in [0, 0.05) is 25.8 Å². The zero-order chi connectivity index (χ0) is 21.6. The molecule has 0 N–H and O–H groups in total. The molecular weight excluding hydrogens is 372 g/mol. The Morgan fingerprint density at radius 2 is 1.23 bits per heavy atom. The highest BCUT2D eigenvalue weighted by Crippen LogP contribution is 2.27. The van der Waals surface area contributed by atoms with Crippen LogP contribution in [-0.2, 0) is 9.59 Å². The second-order valence-electron chi connectivity index (χ2n) is 10.1. The summed E-state index contributed by atoms with van der Waals surface area (Å²) in [6.07, 6.45) is 16.1. The summed E-state index contributed by atoms with van der Waals surface area (Å²) in [5, 5.41) is 0. The summed E-state index contributed by atoms with van der Waals surface area (Å²) in [6.45, 7) is 11.2. The molecule has 0 atom stereocenters. The third-order valence-electron chi connectivity index (χ3n) is 7.37. The van der Waals surface area contributed by atoms with Crippen molar-refractivity contribution in [1.82, 2.24) is 9.80 Å². The van der Waals surface area contributed by atoms with E-state index in [-0.39, 0.29) is 5.78 Å². The quantitative estimate of drug-likeness (QED) is 0.329. The van der Waals surface area contributed by atoms with E-state index in [9.17, 15) is 9.59 Å². The van der Waals surface area contributed by atoms with Gasteiger partial charge in [0.25, 0.3) is 0 Å². The van der Waals surface area contributed by atoms with Gasteiger partial charge in [-0.2, -0.15) is 0 Å². The Labute approximate surface area is 186 Å². The van der Waals surface area contributed by atoms with Crippen molar-refractivity contribution in [1.29, 1.82) is 0 Å². The molecule has 2 heterocycles. The third-order valence-corrected chi connectivity index (χ3v) is 7.37. The normalized spacial score (nSPS) is 19.9. The maximum atomic E-state index is 12.1. The number of unbranched alkanes of at least 4 members (excludes halogenated alkanes) is 2. The number of carbonyl (C=O) groups excluding carboxylic acids is 2. The van der Waals surface area contributed by atoms with Gasteiger partial charge in [0.15, 0.2) is 0 Å². The van der Waals surface area contributed by atoms with Crippen molar-refractivity contribution in [2.75, 3.05) is 39.3 Å². The fraction of sp³-hybridized carbons (Fsp3) is 0.923. The standard InChI is InChI=1S/C26H48N2O2/c1-3-17-27-18-12-24(13-19-27)9-7-10-25-14-20-28(21-15-25)22-16-26(30)11-6-4-5-8-23(2)29/h24-25H,3-22H2,1-2H3. The van der Waals surface area contributed by atoms with Crippen LogP contribution in [0.15, 0.2) is 0 Å². The summed E-state index contributed by atoms with van der Waals surface area (Å²) in [5.74, 6) is 2.56. The number of Topliss-reactive ketones (excluding diaryl/α,β-unsaturated/α-hetero) is 2. The molecule has 2 fully saturated rings. The molecule has 0 bridgehead atoms. The van der Waals surface area contributed by atoms with Crippen molar-refractivity contribution < 1.29 is 9.59 Å². The van der Waals surface area contributed by atoms with Gasteiger partial charge in [-0.05, 0) is 96.4 Å². The Kier molecular flexibility index (Phi) is 12.9. The molecule has 0 aliphatic carbocycles. The van der Waals surface area contributed by atoms with Crippen LogP contribution in [0.2, 0.25) is 0 Å². The lowest BCUT2D eigenvalue weighted by Gasteiger charge is -2.33. The van der Waals surface area contributed by atoms with Gasteiger partial charge in [0.1, 0.15) is 11.6 Å². The SMILES string of the molecule is CCCN1CCC(CCCC2CCN(CCC(=O)CCCCCC(C)=O)CC2)CC1. The van der Waals surface area contributed by atoms with Crippen LogP contribution in [-0.4, -0.2) is 60.6 Å². The smallest absolute Gasteiger partial charge is 0.134 e. The minimum atomic E-state index is 0.262. The van der Waals surface area contributed by atoms with Gasteiger partial charge < -0.3 is 14.6 Å². The lowest BCUT2D eigenvalue weighted by Crippen LogP contribution is -2.35. The lowest BCUT2D eigenvalue weighted by molar-refractivity contribution is -0.119. The molecule has 0 unspecified atom stereocenters. The molecule has 0 aromatic heterocycles. The molecule has 174 valence electrons. The van der Waals surface area contributed by atoms with Gasteiger partial charge in [-0.3, -0.25) is 4.79 Å². The number of hydrogen-bond donors (Lipinski definition) is 0. The van der Waals surface area contributed by atoms with Crippen LogP contribution in [0.25, 0.3) is 0 Å². The van der Waals surface area contributed by atoms with E-state index in [1.54, 1.807) is 6.92 Å². The predicted molar refractivity (Wildman–Crippen MR) is 126 cm³/mol. The van der Waals surface area contributed by atoms with Crippen LogP contribution >= 0.6 is 0 Å². The van der Waals surface area contributed by atoms with E-state index in [1.807, 2.05) is 0 Å². The molecule has 2 saturated heterocycles. The van der Waals surface area contributed by atoms with E-state index in [1.165, 1.54) is 84.1 Å². The molecule has 2 aliphatic rings. The number of carbonyl (C=O) groups is 2. The summed E-state index contributed by atoms with van der Waals surface area (Å²) in [7, 11) is 0. The van der Waals surface area contributed by atoms with E-state index in [0.29, 0.717) is 25.0 Å². The molecule has 0 aromatic rings. The first-order chi connectivity index (χ1) is 14.6. The van der Waals surface area contributed by atoms with Crippen LogP contribution < -0.4 is 0 Å². The largest absolute Gasteiger partial charge is 0.303 e. The van der Waals surface area contributed by atoms with E-state index in [4.69, 9.17) is 0 Å². The molecule has 0 aromatic carbocycles. The fourth-order valence-electron chi connectivity index (χ4n) is 5.29. The lowest BCUT2D eigenvalue weighted by atomic mass is 9.87. The van der Waals surface area contributed by atoms with Crippen LogP contribution in [0.1, 0.15) is 104 Å². The average molecular weight is 421 g/mol. The van der Waals surface area contributed by atoms with Gasteiger partial charge in [-0.1, -0.05) is 32.6 Å². The van der Waals surface area contributed by atoms with Gasteiger partial charge >= 0.3 is 0 Å². The van der Waals surface area contributed by atoms with Crippen LogP contribution in [0.3, 0.4) is 0 Å².